The molecule has 0 aliphatic rings. The Hall–Kier alpha value is -3.14. The fourth-order valence-electron chi connectivity index (χ4n) is 2.46. The average molecular weight is 318 g/mol. The average Bonchev–Trinajstić information content (AvgIpc) is 2.61. The molecular weight excluding hydrogens is 300 g/mol. The zero-order valence-corrected chi connectivity index (χ0v) is 13.4. The van der Waals surface area contributed by atoms with Crippen LogP contribution in [0, 0.1) is 12.1 Å². The van der Waals surface area contributed by atoms with Gasteiger partial charge in [0.1, 0.15) is 6.54 Å². The summed E-state index contributed by atoms with van der Waals surface area (Å²) in [6, 6.07) is 20.7. The third kappa shape index (κ3) is 3.60. The van der Waals surface area contributed by atoms with E-state index in [1.165, 1.54) is 11.8 Å². The first-order valence-electron chi connectivity index (χ1n) is 7.76. The summed E-state index contributed by atoms with van der Waals surface area (Å²) in [5.74, 6) is -0.201. The second-order valence-electron chi connectivity index (χ2n) is 5.65. The van der Waals surface area contributed by atoms with Gasteiger partial charge in [-0.15, -0.1) is 0 Å². The van der Waals surface area contributed by atoms with Crippen LogP contribution in [0.4, 0.5) is 0 Å². The maximum Gasteiger partial charge on any atom is 0.251 e. The standard InChI is InChI=1S/C20H18N2O2/c1-15-8-10-16(11-9-15)17-5-4-6-18(13-17)20(23)21-14-19-7-2-3-12-22(19)24/h2-13H,14H2,1H3,(H,21,23). The lowest BCUT2D eigenvalue weighted by atomic mass is 10.0. The third-order valence-electron chi connectivity index (χ3n) is 3.84. The largest absolute Gasteiger partial charge is 0.618 e. The van der Waals surface area contributed by atoms with Crippen molar-refractivity contribution in [2.24, 2.45) is 0 Å². The Bertz CT molecular complexity index is 858. The zero-order valence-electron chi connectivity index (χ0n) is 13.4. The molecule has 0 radical (unpaired) electrons. The van der Waals surface area contributed by atoms with Gasteiger partial charge in [-0.25, -0.2) is 0 Å². The Morgan fingerprint density at radius 3 is 2.54 bits per heavy atom. The molecule has 1 heterocycles. The van der Waals surface area contributed by atoms with Gasteiger partial charge in [-0.2, -0.15) is 4.73 Å². The van der Waals surface area contributed by atoms with Crippen LogP contribution in [0.15, 0.2) is 72.9 Å². The molecule has 1 N–H and O–H groups in total. The summed E-state index contributed by atoms with van der Waals surface area (Å²) in [5, 5.41) is 14.4. The number of aryl methyl sites for hydroxylation is 1. The van der Waals surface area contributed by atoms with Gasteiger partial charge >= 0.3 is 0 Å². The molecule has 4 heteroatoms. The van der Waals surface area contributed by atoms with Crippen LogP contribution < -0.4 is 10.0 Å². The van der Waals surface area contributed by atoms with Crippen molar-refractivity contribution < 1.29 is 9.52 Å². The number of pyridine rings is 1. The summed E-state index contributed by atoms with van der Waals surface area (Å²) in [6.45, 7) is 2.23. The van der Waals surface area contributed by atoms with Crippen molar-refractivity contribution in [2.45, 2.75) is 13.5 Å². The van der Waals surface area contributed by atoms with Crippen LogP contribution in [-0.4, -0.2) is 5.91 Å². The molecule has 0 bridgehead atoms. The number of nitrogens with one attached hydrogen (secondary N) is 1. The first-order chi connectivity index (χ1) is 11.6. The van der Waals surface area contributed by atoms with Crippen molar-refractivity contribution >= 4 is 5.91 Å². The summed E-state index contributed by atoms with van der Waals surface area (Å²) in [7, 11) is 0. The SMILES string of the molecule is Cc1ccc(-c2cccc(C(=O)NCc3cccc[n+]3[O-])c2)cc1. The Balaban J connectivity index is 1.75. The molecule has 1 amide bonds. The van der Waals surface area contributed by atoms with Gasteiger partial charge in [-0.3, -0.25) is 4.79 Å². The predicted molar refractivity (Wildman–Crippen MR) is 93.2 cm³/mol. The second-order valence-corrected chi connectivity index (χ2v) is 5.65. The van der Waals surface area contributed by atoms with Gasteiger partial charge in [-0.05, 0) is 36.2 Å². The number of benzene rings is 2. The van der Waals surface area contributed by atoms with E-state index < -0.39 is 0 Å². The lowest BCUT2D eigenvalue weighted by molar-refractivity contribution is -0.614. The fourth-order valence-corrected chi connectivity index (χ4v) is 2.46. The van der Waals surface area contributed by atoms with Crippen LogP contribution in [0.25, 0.3) is 11.1 Å². The Labute approximate surface area is 141 Å². The Kier molecular flexibility index (Phi) is 4.57. The van der Waals surface area contributed by atoms with E-state index in [4.69, 9.17) is 0 Å². The molecule has 2 aromatic carbocycles. The number of nitrogens with zero attached hydrogens (tertiary/aromatic N) is 1. The van der Waals surface area contributed by atoms with Gasteiger partial charge < -0.3 is 10.5 Å². The van der Waals surface area contributed by atoms with E-state index >= 15 is 0 Å². The van der Waals surface area contributed by atoms with Crippen molar-refractivity contribution in [3.05, 3.63) is 95.0 Å². The molecule has 0 spiro atoms. The van der Waals surface area contributed by atoms with Crippen molar-refractivity contribution in [3.8, 4) is 11.1 Å². The molecule has 0 saturated carbocycles. The van der Waals surface area contributed by atoms with Gasteiger partial charge in [0.2, 0.25) is 5.69 Å². The smallest absolute Gasteiger partial charge is 0.251 e. The second kappa shape index (κ2) is 6.96. The quantitative estimate of drug-likeness (QED) is 0.593. The normalized spacial score (nSPS) is 10.4. The van der Waals surface area contributed by atoms with Crippen LogP contribution in [0.3, 0.4) is 0 Å². The number of amides is 1. The molecule has 3 rings (SSSR count). The highest BCUT2D eigenvalue weighted by Gasteiger charge is 2.10. The summed E-state index contributed by atoms with van der Waals surface area (Å²) >= 11 is 0. The molecule has 1 aromatic heterocycles. The highest BCUT2D eigenvalue weighted by atomic mass is 16.5. The molecule has 4 nitrogen and oxygen atoms in total. The van der Waals surface area contributed by atoms with Crippen LogP contribution in [0.1, 0.15) is 21.6 Å². The molecule has 0 fully saturated rings. The van der Waals surface area contributed by atoms with E-state index in [1.807, 2.05) is 49.4 Å². The lowest BCUT2D eigenvalue weighted by Gasteiger charge is -2.08. The lowest BCUT2D eigenvalue weighted by Crippen LogP contribution is -2.35. The minimum Gasteiger partial charge on any atom is -0.618 e. The Morgan fingerprint density at radius 2 is 1.79 bits per heavy atom. The molecule has 0 saturated heterocycles. The van der Waals surface area contributed by atoms with Crippen LogP contribution in [-0.2, 0) is 6.54 Å². The number of rotatable bonds is 4. The van der Waals surface area contributed by atoms with Crippen LogP contribution in [0.5, 0.6) is 0 Å². The molecule has 24 heavy (non-hydrogen) atoms. The van der Waals surface area contributed by atoms with Gasteiger partial charge in [0.05, 0.1) is 0 Å². The van der Waals surface area contributed by atoms with Crippen molar-refractivity contribution in [1.82, 2.24) is 5.32 Å². The topological polar surface area (TPSA) is 56.0 Å². The number of hydrogen-bond donors (Lipinski definition) is 1. The first kappa shape index (κ1) is 15.7. The van der Waals surface area contributed by atoms with Crippen molar-refractivity contribution in [3.63, 3.8) is 0 Å². The number of carbonyl (C=O) groups is 1. The maximum absolute atomic E-state index is 12.3. The van der Waals surface area contributed by atoms with E-state index in [0.717, 1.165) is 15.9 Å². The molecule has 120 valence electrons. The van der Waals surface area contributed by atoms with E-state index in [-0.39, 0.29) is 12.5 Å². The van der Waals surface area contributed by atoms with Gasteiger partial charge in [0.15, 0.2) is 6.20 Å². The van der Waals surface area contributed by atoms with E-state index in [2.05, 4.69) is 5.32 Å². The molecular formula is C20H18N2O2. The molecule has 0 atom stereocenters. The highest BCUT2D eigenvalue weighted by Crippen LogP contribution is 2.21. The van der Waals surface area contributed by atoms with E-state index in [1.54, 1.807) is 24.3 Å². The third-order valence-corrected chi connectivity index (χ3v) is 3.84. The number of aromatic nitrogens is 1. The first-order valence-corrected chi connectivity index (χ1v) is 7.76. The Morgan fingerprint density at radius 1 is 1.00 bits per heavy atom. The minimum atomic E-state index is -0.201. The summed E-state index contributed by atoms with van der Waals surface area (Å²) in [6.07, 6.45) is 1.42. The molecule has 0 unspecified atom stereocenters. The van der Waals surface area contributed by atoms with Gasteiger partial charge in [-0.1, -0.05) is 42.0 Å². The zero-order chi connectivity index (χ0) is 16.9. The highest BCUT2D eigenvalue weighted by molar-refractivity contribution is 5.95. The van der Waals surface area contributed by atoms with Crippen LogP contribution in [0.2, 0.25) is 0 Å². The van der Waals surface area contributed by atoms with Crippen molar-refractivity contribution in [1.29, 1.82) is 0 Å². The van der Waals surface area contributed by atoms with E-state index in [9.17, 15) is 10.0 Å². The summed E-state index contributed by atoms with van der Waals surface area (Å²) in [4.78, 5) is 12.3. The van der Waals surface area contributed by atoms with Gasteiger partial charge in [0, 0.05) is 17.7 Å². The minimum absolute atomic E-state index is 0.192. The fraction of sp³-hybridized carbons (Fsp3) is 0.100. The molecule has 0 aliphatic carbocycles. The van der Waals surface area contributed by atoms with Gasteiger partial charge in [0.25, 0.3) is 5.91 Å². The van der Waals surface area contributed by atoms with E-state index in [0.29, 0.717) is 11.3 Å². The number of hydrogen-bond acceptors (Lipinski definition) is 2. The monoisotopic (exact) mass is 318 g/mol. The number of carbonyl (C=O) groups excluding carboxylic acids is 1. The maximum atomic E-state index is 12.3. The molecule has 3 aromatic rings. The predicted octanol–water partition coefficient (Wildman–Crippen LogP) is 3.23. The summed E-state index contributed by atoms with van der Waals surface area (Å²) in [5.41, 5.74) is 4.32. The van der Waals surface area contributed by atoms with Crippen LogP contribution >= 0.6 is 0 Å². The van der Waals surface area contributed by atoms with Crippen molar-refractivity contribution in [2.75, 3.05) is 0 Å². The molecule has 0 aliphatic heterocycles. The summed E-state index contributed by atoms with van der Waals surface area (Å²) < 4.78 is 0.753.